The van der Waals surface area contributed by atoms with E-state index in [1.54, 1.807) is 0 Å². The average molecular weight is 1070 g/mol. The van der Waals surface area contributed by atoms with Crippen molar-refractivity contribution < 1.29 is 79.0 Å². The average Bonchev–Trinajstić information content (AvgIpc) is 3.86. The molecule has 0 amide bonds. The van der Waals surface area contributed by atoms with Crippen LogP contribution in [0, 0.1) is 11.3 Å². The van der Waals surface area contributed by atoms with Crippen LogP contribution in [0.25, 0.3) is 88.4 Å². The van der Waals surface area contributed by atoms with Crippen molar-refractivity contribution in [1.29, 1.82) is 5.26 Å². The summed E-state index contributed by atoms with van der Waals surface area (Å²) >= 11 is 0. The quantitative estimate of drug-likeness (QED) is 0.158. The molecule has 10 aromatic rings. The molecular formula is C55H25F18N3. The third-order valence-corrected chi connectivity index (χ3v) is 12.8. The van der Waals surface area contributed by atoms with Crippen LogP contribution in [0.4, 0.5) is 79.0 Å². The Morgan fingerprint density at radius 2 is 0.645 bits per heavy atom. The maximum absolute atomic E-state index is 15.1. The maximum atomic E-state index is 15.1. The molecule has 3 nitrogen and oxygen atoms in total. The SMILES string of the molecule is N#Cc1c(-n2c3ccccc3c3ccc(-c4cc(C(F)(F)F)cc(C(F)(F)F)c4)cc32)cc(-c2c(C(F)(F)F)cccc2C(F)(F)F)cc1-n1c2ccccc2c2ccc(-c3cc(C(F)(F)F)cc(C(F)(F)F)c3)cc21. The number of fused-ring (bicyclic) bond motifs is 6. The summed E-state index contributed by atoms with van der Waals surface area (Å²) in [5.74, 6) is 0. The van der Waals surface area contributed by atoms with Crippen LogP contribution < -0.4 is 0 Å². The van der Waals surface area contributed by atoms with E-state index >= 15 is 26.3 Å². The summed E-state index contributed by atoms with van der Waals surface area (Å²) in [6, 6.07) is 25.4. The van der Waals surface area contributed by atoms with Gasteiger partial charge in [0.2, 0.25) is 0 Å². The van der Waals surface area contributed by atoms with Crippen molar-refractivity contribution >= 4 is 43.6 Å². The lowest BCUT2D eigenvalue weighted by Crippen LogP contribution is -2.15. The van der Waals surface area contributed by atoms with E-state index in [0.29, 0.717) is 42.5 Å². The summed E-state index contributed by atoms with van der Waals surface area (Å²) in [5, 5.41) is 12.3. The van der Waals surface area contributed by atoms with Gasteiger partial charge < -0.3 is 9.13 Å². The van der Waals surface area contributed by atoms with Crippen LogP contribution in [0.2, 0.25) is 0 Å². The molecule has 386 valence electrons. The van der Waals surface area contributed by atoms with E-state index in [4.69, 9.17) is 0 Å². The lowest BCUT2D eigenvalue weighted by molar-refractivity contribution is -0.144. The van der Waals surface area contributed by atoms with Crippen molar-refractivity contribution in [3.8, 4) is 50.8 Å². The van der Waals surface area contributed by atoms with Gasteiger partial charge in [-0.1, -0.05) is 66.7 Å². The lowest BCUT2D eigenvalue weighted by Gasteiger charge is -2.22. The van der Waals surface area contributed by atoms with Gasteiger partial charge in [-0.15, -0.1) is 0 Å². The van der Waals surface area contributed by atoms with Crippen LogP contribution in [-0.2, 0) is 37.1 Å². The Bertz CT molecular complexity index is 3730. The molecule has 2 aromatic heterocycles. The molecule has 0 spiro atoms. The molecule has 0 atom stereocenters. The first kappa shape index (κ1) is 51.1. The highest BCUT2D eigenvalue weighted by Gasteiger charge is 2.43. The van der Waals surface area contributed by atoms with Gasteiger partial charge in [0.1, 0.15) is 11.6 Å². The van der Waals surface area contributed by atoms with Gasteiger partial charge >= 0.3 is 37.1 Å². The van der Waals surface area contributed by atoms with Crippen molar-refractivity contribution in [2.45, 2.75) is 37.1 Å². The highest BCUT2D eigenvalue weighted by atomic mass is 19.4. The monoisotopic (exact) mass is 1070 g/mol. The van der Waals surface area contributed by atoms with Gasteiger partial charge in [0.25, 0.3) is 0 Å². The Morgan fingerprint density at radius 1 is 0.303 bits per heavy atom. The molecule has 0 bridgehead atoms. The Labute approximate surface area is 414 Å². The number of hydrogen-bond acceptors (Lipinski definition) is 1. The molecule has 0 N–H and O–H groups in total. The van der Waals surface area contributed by atoms with Gasteiger partial charge in [-0.05, 0) is 113 Å². The molecule has 0 saturated carbocycles. The van der Waals surface area contributed by atoms with Crippen LogP contribution in [0.3, 0.4) is 0 Å². The number of benzene rings is 8. The Hall–Kier alpha value is -8.41. The fourth-order valence-corrected chi connectivity index (χ4v) is 9.62. The predicted molar refractivity (Wildman–Crippen MR) is 246 cm³/mol. The summed E-state index contributed by atoms with van der Waals surface area (Å²) in [7, 11) is 0. The van der Waals surface area contributed by atoms with Crippen LogP contribution in [0.15, 0.2) is 152 Å². The lowest BCUT2D eigenvalue weighted by atomic mass is 9.91. The second-order valence-corrected chi connectivity index (χ2v) is 17.5. The second-order valence-electron chi connectivity index (χ2n) is 17.5. The van der Waals surface area contributed by atoms with Crippen molar-refractivity contribution in [3.63, 3.8) is 0 Å². The highest BCUT2D eigenvalue weighted by molar-refractivity contribution is 6.12. The van der Waals surface area contributed by atoms with E-state index in [1.807, 2.05) is 6.07 Å². The van der Waals surface area contributed by atoms with E-state index in [9.17, 15) is 57.9 Å². The number of halogens is 18. The first-order valence-electron chi connectivity index (χ1n) is 22.0. The summed E-state index contributed by atoms with van der Waals surface area (Å²) in [6.07, 6.45) is -32.2. The number of para-hydroxylation sites is 2. The van der Waals surface area contributed by atoms with Crippen molar-refractivity contribution in [1.82, 2.24) is 9.13 Å². The summed E-state index contributed by atoms with van der Waals surface area (Å²) in [6.45, 7) is 0. The number of alkyl halides is 18. The molecular weight excluding hydrogens is 1040 g/mol. The number of aromatic nitrogens is 2. The Morgan fingerprint density at radius 3 is 0.974 bits per heavy atom. The van der Waals surface area contributed by atoms with E-state index in [0.717, 1.165) is 24.3 Å². The van der Waals surface area contributed by atoms with Crippen molar-refractivity contribution in [2.75, 3.05) is 0 Å². The van der Waals surface area contributed by atoms with Gasteiger partial charge in [-0.2, -0.15) is 84.3 Å². The molecule has 0 unspecified atom stereocenters. The van der Waals surface area contributed by atoms with Gasteiger partial charge in [0, 0.05) is 27.1 Å². The maximum Gasteiger partial charge on any atom is 0.417 e. The zero-order valence-corrected chi connectivity index (χ0v) is 37.6. The van der Waals surface area contributed by atoms with Crippen molar-refractivity contribution in [3.05, 3.63) is 191 Å². The van der Waals surface area contributed by atoms with Gasteiger partial charge in [-0.3, -0.25) is 0 Å². The fraction of sp³-hybridized carbons (Fsp3) is 0.109. The first-order valence-corrected chi connectivity index (χ1v) is 22.0. The molecule has 76 heavy (non-hydrogen) atoms. The normalized spacial score (nSPS) is 13.1. The number of rotatable bonds is 5. The second kappa shape index (κ2) is 17.3. The molecule has 10 rings (SSSR count). The smallest absolute Gasteiger partial charge is 0.308 e. The topological polar surface area (TPSA) is 33.6 Å². The summed E-state index contributed by atoms with van der Waals surface area (Å²) in [5.41, 5.74) is -16.1. The molecule has 0 aliphatic carbocycles. The van der Waals surface area contributed by atoms with E-state index in [-0.39, 0.29) is 66.9 Å². The third-order valence-electron chi connectivity index (χ3n) is 12.8. The highest BCUT2D eigenvalue weighted by Crippen LogP contribution is 2.49. The minimum absolute atomic E-state index is 0.0731. The standard InChI is InChI=1S/C55H25F18N3/c56-50(57,58)32-16-29(17-33(24-32)51(59,60)61)27-12-14-38-36-6-1-3-10-43(36)75(45(38)20-27)47-22-31(49-41(54(68,69)70)8-5-9-42(49)55(71,72)73)23-48(40(47)26-74)76-44-11-4-2-7-37(44)39-15-13-28(21-46(39)76)30-18-34(52(62,63)64)25-35(19-30)53(65,66)67/h1-25H. The number of hydrogen-bond donors (Lipinski definition) is 0. The van der Waals surface area contributed by atoms with E-state index in [1.165, 1.54) is 81.9 Å². The number of nitriles is 1. The molecule has 21 heteroatoms. The molecule has 8 aromatic carbocycles. The number of nitrogens with zero attached hydrogens (tertiary/aromatic N) is 3. The molecule has 0 fully saturated rings. The van der Waals surface area contributed by atoms with E-state index in [2.05, 4.69) is 0 Å². The van der Waals surface area contributed by atoms with Gasteiger partial charge in [-0.25, -0.2) is 0 Å². The Balaban J connectivity index is 1.37. The predicted octanol–water partition coefficient (Wildman–Crippen LogP) is 18.9. The van der Waals surface area contributed by atoms with E-state index < -0.39 is 110 Å². The van der Waals surface area contributed by atoms with Crippen LogP contribution in [-0.4, -0.2) is 9.13 Å². The molecule has 0 aliphatic heterocycles. The molecule has 2 heterocycles. The van der Waals surface area contributed by atoms with Crippen LogP contribution in [0.1, 0.15) is 38.9 Å². The minimum Gasteiger partial charge on any atom is -0.308 e. The fourth-order valence-electron chi connectivity index (χ4n) is 9.62. The zero-order valence-electron chi connectivity index (χ0n) is 37.6. The van der Waals surface area contributed by atoms with Gasteiger partial charge in [0.05, 0.1) is 66.8 Å². The molecule has 0 radical (unpaired) electrons. The Kier molecular flexibility index (Phi) is 11.6. The molecule has 0 saturated heterocycles. The van der Waals surface area contributed by atoms with Crippen LogP contribution in [0.5, 0.6) is 0 Å². The zero-order chi connectivity index (χ0) is 54.8. The minimum atomic E-state index is -5.51. The van der Waals surface area contributed by atoms with Gasteiger partial charge in [0.15, 0.2) is 0 Å². The molecule has 0 aliphatic rings. The van der Waals surface area contributed by atoms with Crippen LogP contribution >= 0.6 is 0 Å². The summed E-state index contributed by atoms with van der Waals surface area (Å²) < 4.78 is 263. The van der Waals surface area contributed by atoms with Crippen molar-refractivity contribution in [2.24, 2.45) is 0 Å². The summed E-state index contributed by atoms with van der Waals surface area (Å²) in [4.78, 5) is 0. The largest absolute Gasteiger partial charge is 0.417 e. The first-order chi connectivity index (χ1) is 35.4. The third kappa shape index (κ3) is 8.88.